The molecule has 2 rings (SSSR count). The van der Waals surface area contributed by atoms with Gasteiger partial charge in [0.2, 0.25) is 10.0 Å². The van der Waals surface area contributed by atoms with Gasteiger partial charge in [-0.3, -0.25) is 4.72 Å². The number of anilines is 2. The van der Waals surface area contributed by atoms with Gasteiger partial charge in [0, 0.05) is 27.0 Å². The average Bonchev–Trinajstić information content (AvgIpc) is 2.40. The Morgan fingerprint density at radius 3 is 2.52 bits per heavy atom. The largest absolute Gasteiger partial charge is 0.399 e. The highest BCUT2D eigenvalue weighted by Crippen LogP contribution is 2.20. The fraction of sp³-hybridized carbons (Fsp3) is 0.143. The molecular formula is C14H15ClN2O2S2. The molecule has 0 radical (unpaired) electrons. The zero-order chi connectivity index (χ0) is 15.3. The molecule has 0 heterocycles. The molecule has 0 aliphatic rings. The minimum Gasteiger partial charge on any atom is -0.399 e. The van der Waals surface area contributed by atoms with Crippen LogP contribution in [-0.2, 0) is 10.0 Å². The van der Waals surface area contributed by atoms with E-state index in [1.54, 1.807) is 36.4 Å². The zero-order valence-corrected chi connectivity index (χ0v) is 13.5. The van der Waals surface area contributed by atoms with Crippen molar-refractivity contribution in [3.63, 3.8) is 0 Å². The lowest BCUT2D eigenvalue weighted by Crippen LogP contribution is -2.18. The Hall–Kier alpha value is -1.37. The molecule has 4 nitrogen and oxygen atoms in total. The van der Waals surface area contributed by atoms with Crippen molar-refractivity contribution in [2.45, 2.75) is 4.90 Å². The van der Waals surface area contributed by atoms with Gasteiger partial charge in [-0.25, -0.2) is 8.42 Å². The molecule has 0 aliphatic carbocycles. The van der Waals surface area contributed by atoms with Gasteiger partial charge < -0.3 is 5.73 Å². The van der Waals surface area contributed by atoms with Gasteiger partial charge in [-0.05, 0) is 42.5 Å². The second-order valence-electron chi connectivity index (χ2n) is 4.35. The number of hydrogen-bond donors (Lipinski definition) is 2. The smallest absolute Gasteiger partial charge is 0.233 e. The third-order valence-corrected chi connectivity index (χ3v) is 5.39. The van der Waals surface area contributed by atoms with E-state index in [0.29, 0.717) is 22.2 Å². The summed E-state index contributed by atoms with van der Waals surface area (Å²) in [5.74, 6) is 0.481. The maximum absolute atomic E-state index is 12.0. The molecular weight excluding hydrogens is 328 g/mol. The predicted octanol–water partition coefficient (Wildman–Crippen LogP) is 3.46. The summed E-state index contributed by atoms with van der Waals surface area (Å²) >= 11 is 7.29. The topological polar surface area (TPSA) is 72.2 Å². The molecule has 112 valence electrons. The molecule has 0 aliphatic heterocycles. The summed E-state index contributed by atoms with van der Waals surface area (Å²) in [5.41, 5.74) is 6.76. The number of thioether (sulfide) groups is 1. The van der Waals surface area contributed by atoms with E-state index in [4.69, 9.17) is 17.3 Å². The van der Waals surface area contributed by atoms with E-state index in [2.05, 4.69) is 4.72 Å². The maximum atomic E-state index is 12.0. The minimum absolute atomic E-state index is 0.0224. The highest BCUT2D eigenvalue weighted by Gasteiger charge is 2.10. The SMILES string of the molecule is Nc1ccc(SCCS(=O)(=O)Nc2cccc(Cl)c2)cc1. The van der Waals surface area contributed by atoms with Crippen molar-refractivity contribution in [1.82, 2.24) is 0 Å². The first-order valence-corrected chi connectivity index (χ1v) is 9.21. The number of halogens is 1. The van der Waals surface area contributed by atoms with Crippen LogP contribution >= 0.6 is 23.4 Å². The summed E-state index contributed by atoms with van der Waals surface area (Å²) in [6.07, 6.45) is 0. The Bertz CT molecular complexity index is 703. The highest BCUT2D eigenvalue weighted by atomic mass is 35.5. The Kier molecular flexibility index (Phi) is 5.39. The lowest BCUT2D eigenvalue weighted by Gasteiger charge is -2.08. The summed E-state index contributed by atoms with van der Waals surface area (Å²) in [7, 11) is -3.38. The lowest BCUT2D eigenvalue weighted by atomic mass is 10.3. The first kappa shape index (κ1) is 16.0. The monoisotopic (exact) mass is 342 g/mol. The van der Waals surface area contributed by atoms with Gasteiger partial charge in [-0.1, -0.05) is 17.7 Å². The summed E-state index contributed by atoms with van der Waals surface area (Å²) < 4.78 is 26.4. The van der Waals surface area contributed by atoms with Crippen LogP contribution in [0.25, 0.3) is 0 Å². The van der Waals surface area contributed by atoms with Crippen molar-refractivity contribution in [1.29, 1.82) is 0 Å². The van der Waals surface area contributed by atoms with Gasteiger partial charge in [0.15, 0.2) is 0 Å². The Morgan fingerprint density at radius 1 is 1.14 bits per heavy atom. The number of sulfonamides is 1. The first-order chi connectivity index (χ1) is 9.94. The van der Waals surface area contributed by atoms with Crippen molar-refractivity contribution in [3.8, 4) is 0 Å². The Labute approximate surface area is 133 Å². The normalized spacial score (nSPS) is 11.3. The van der Waals surface area contributed by atoms with Gasteiger partial charge in [0.05, 0.1) is 5.75 Å². The third kappa shape index (κ3) is 5.49. The molecule has 0 fully saturated rings. The second kappa shape index (κ2) is 7.06. The number of rotatable bonds is 6. The molecule has 0 spiro atoms. The van der Waals surface area contributed by atoms with Gasteiger partial charge in [-0.15, -0.1) is 11.8 Å². The van der Waals surface area contributed by atoms with Crippen molar-refractivity contribution < 1.29 is 8.42 Å². The zero-order valence-electron chi connectivity index (χ0n) is 11.1. The van der Waals surface area contributed by atoms with Gasteiger partial charge >= 0.3 is 0 Å². The molecule has 0 unspecified atom stereocenters. The number of nitrogens with two attached hydrogens (primary N) is 1. The van der Waals surface area contributed by atoms with Gasteiger partial charge in [0.1, 0.15) is 0 Å². The molecule has 0 saturated heterocycles. The standard InChI is InChI=1S/C14H15ClN2O2S2/c15-11-2-1-3-13(10-11)17-21(18,19)9-8-20-14-6-4-12(16)5-7-14/h1-7,10,17H,8-9,16H2. The minimum atomic E-state index is -3.38. The maximum Gasteiger partial charge on any atom is 0.233 e. The fourth-order valence-corrected chi connectivity index (χ4v) is 4.17. The molecule has 7 heteroatoms. The Balaban J connectivity index is 1.88. The molecule has 0 bridgehead atoms. The van der Waals surface area contributed by atoms with Gasteiger partial charge in [0.25, 0.3) is 0 Å². The van der Waals surface area contributed by atoms with Crippen LogP contribution in [0.3, 0.4) is 0 Å². The molecule has 3 N–H and O–H groups in total. The van der Waals surface area contributed by atoms with E-state index < -0.39 is 10.0 Å². The molecule has 0 aromatic heterocycles. The van der Waals surface area contributed by atoms with Crippen LogP contribution in [-0.4, -0.2) is 19.9 Å². The van der Waals surface area contributed by atoms with E-state index in [0.717, 1.165) is 4.90 Å². The van der Waals surface area contributed by atoms with Crippen molar-refractivity contribution in [3.05, 3.63) is 53.6 Å². The summed E-state index contributed by atoms with van der Waals surface area (Å²) in [5, 5.41) is 0.492. The van der Waals surface area contributed by atoms with Crippen LogP contribution in [0.2, 0.25) is 5.02 Å². The number of nitrogens with one attached hydrogen (secondary N) is 1. The summed E-state index contributed by atoms with van der Waals surface area (Å²) in [6, 6.07) is 14.0. The summed E-state index contributed by atoms with van der Waals surface area (Å²) in [6.45, 7) is 0. The molecule has 2 aromatic rings. The van der Waals surface area contributed by atoms with E-state index in [9.17, 15) is 8.42 Å². The van der Waals surface area contributed by atoms with Crippen LogP contribution < -0.4 is 10.5 Å². The highest BCUT2D eigenvalue weighted by molar-refractivity contribution is 8.01. The second-order valence-corrected chi connectivity index (χ2v) is 7.80. The Morgan fingerprint density at radius 2 is 1.86 bits per heavy atom. The van der Waals surface area contributed by atoms with Crippen LogP contribution in [0.4, 0.5) is 11.4 Å². The van der Waals surface area contributed by atoms with Crippen LogP contribution in [0.1, 0.15) is 0 Å². The first-order valence-electron chi connectivity index (χ1n) is 6.19. The average molecular weight is 343 g/mol. The number of benzene rings is 2. The van der Waals surface area contributed by atoms with Crippen LogP contribution in [0.5, 0.6) is 0 Å². The van der Waals surface area contributed by atoms with E-state index in [1.165, 1.54) is 11.8 Å². The van der Waals surface area contributed by atoms with E-state index in [1.807, 2.05) is 12.1 Å². The van der Waals surface area contributed by atoms with Crippen LogP contribution in [0, 0.1) is 0 Å². The van der Waals surface area contributed by atoms with Gasteiger partial charge in [-0.2, -0.15) is 0 Å². The van der Waals surface area contributed by atoms with Crippen molar-refractivity contribution in [2.24, 2.45) is 0 Å². The molecule has 0 saturated carbocycles. The lowest BCUT2D eigenvalue weighted by molar-refractivity contribution is 0.602. The molecule has 2 aromatic carbocycles. The van der Waals surface area contributed by atoms with E-state index >= 15 is 0 Å². The molecule has 0 atom stereocenters. The fourth-order valence-electron chi connectivity index (χ4n) is 1.62. The van der Waals surface area contributed by atoms with Crippen molar-refractivity contribution in [2.75, 3.05) is 22.0 Å². The number of hydrogen-bond acceptors (Lipinski definition) is 4. The molecule has 21 heavy (non-hydrogen) atoms. The third-order valence-electron chi connectivity index (χ3n) is 2.60. The van der Waals surface area contributed by atoms with Crippen LogP contribution in [0.15, 0.2) is 53.4 Å². The molecule has 0 amide bonds. The quantitative estimate of drug-likeness (QED) is 0.623. The van der Waals surface area contributed by atoms with E-state index in [-0.39, 0.29) is 5.75 Å². The summed E-state index contributed by atoms with van der Waals surface area (Å²) in [4.78, 5) is 0.988. The van der Waals surface area contributed by atoms with Crippen molar-refractivity contribution >= 4 is 44.8 Å². The number of nitrogen functional groups attached to an aromatic ring is 1. The predicted molar refractivity (Wildman–Crippen MR) is 90.4 cm³/mol.